The van der Waals surface area contributed by atoms with Gasteiger partial charge in [-0.15, -0.1) is 10.2 Å². The quantitative estimate of drug-likeness (QED) is 0.182. The maximum atomic E-state index is 13.0. The second-order valence-electron chi connectivity index (χ2n) is 7.08. The Morgan fingerprint density at radius 1 is 1.23 bits per heavy atom. The molecule has 3 aromatic rings. The van der Waals surface area contributed by atoms with Crippen LogP contribution in [0.3, 0.4) is 0 Å². The van der Waals surface area contributed by atoms with Crippen LogP contribution in [0.15, 0.2) is 46.7 Å². The Kier molecular flexibility index (Phi) is 6.93. The first-order chi connectivity index (χ1) is 16.6. The van der Waals surface area contributed by atoms with E-state index >= 15 is 0 Å². The number of halogens is 4. The third-order valence-corrected chi connectivity index (χ3v) is 5.94. The van der Waals surface area contributed by atoms with Gasteiger partial charge in [0.05, 0.1) is 22.1 Å². The summed E-state index contributed by atoms with van der Waals surface area (Å²) < 4.78 is 50.7. The molecule has 15 heteroatoms. The number of carbonyl (C=O) groups excluding carboxylic acids is 1. The molecule has 35 heavy (non-hydrogen) atoms. The second-order valence-corrected chi connectivity index (χ2v) is 8.43. The fraction of sp³-hybridized carbons (Fsp3) is 0.200. The number of hydrazone groups is 1. The van der Waals surface area contributed by atoms with Crippen molar-refractivity contribution in [3.05, 3.63) is 52.5 Å². The molecular formula is C20H17ClF3N7O3S. The van der Waals surface area contributed by atoms with Gasteiger partial charge in [0.15, 0.2) is 11.5 Å². The zero-order valence-corrected chi connectivity index (χ0v) is 19.5. The summed E-state index contributed by atoms with van der Waals surface area (Å²) in [4.78, 5) is 12.2. The Hall–Kier alpha value is -3.65. The van der Waals surface area contributed by atoms with Crippen LogP contribution in [0.2, 0.25) is 5.02 Å². The summed E-state index contributed by atoms with van der Waals surface area (Å²) in [5.41, 5.74) is 3.01. The number of nitrogen functional groups attached to an aromatic ring is 1. The molecule has 0 unspecified atom stereocenters. The zero-order chi connectivity index (χ0) is 25.2. The molecule has 184 valence electrons. The Morgan fingerprint density at radius 3 is 2.77 bits per heavy atom. The van der Waals surface area contributed by atoms with Crippen LogP contribution in [0.25, 0.3) is 0 Å². The smallest absolute Gasteiger partial charge is 0.417 e. The number of hydrogen-bond acceptors (Lipinski definition) is 9. The largest absolute Gasteiger partial charge is 0.454 e. The number of nitrogens with zero attached hydrogens (tertiary/aromatic N) is 4. The van der Waals surface area contributed by atoms with E-state index in [0.717, 1.165) is 34.1 Å². The number of hydrogen-bond donors (Lipinski definition) is 3. The van der Waals surface area contributed by atoms with Crippen LogP contribution in [-0.4, -0.2) is 39.0 Å². The lowest BCUT2D eigenvalue weighted by Gasteiger charge is -2.11. The van der Waals surface area contributed by atoms with Crippen LogP contribution < -0.4 is 26.1 Å². The molecule has 0 fully saturated rings. The fourth-order valence-electron chi connectivity index (χ4n) is 2.92. The number of anilines is 2. The maximum absolute atomic E-state index is 13.0. The molecule has 1 aliphatic heterocycles. The van der Waals surface area contributed by atoms with Crippen molar-refractivity contribution < 1.29 is 27.4 Å². The number of amides is 1. The highest BCUT2D eigenvalue weighted by Crippen LogP contribution is 2.36. The zero-order valence-electron chi connectivity index (χ0n) is 17.9. The van der Waals surface area contributed by atoms with Gasteiger partial charge in [-0.05, 0) is 43.3 Å². The Labute approximate surface area is 205 Å². The lowest BCUT2D eigenvalue weighted by molar-refractivity contribution is -0.137. The maximum Gasteiger partial charge on any atom is 0.417 e. The van der Waals surface area contributed by atoms with Crippen molar-refractivity contribution in [2.45, 2.75) is 18.3 Å². The number of carbonyl (C=O) groups is 1. The first kappa shape index (κ1) is 24.5. The number of rotatable bonds is 7. The van der Waals surface area contributed by atoms with E-state index in [-0.39, 0.29) is 29.3 Å². The topological polar surface area (TPSA) is 129 Å². The highest BCUT2D eigenvalue weighted by molar-refractivity contribution is 7.99. The number of alkyl halides is 3. The molecule has 0 saturated carbocycles. The minimum absolute atomic E-state index is 0.0442. The molecule has 0 atom stereocenters. The van der Waals surface area contributed by atoms with Crippen LogP contribution in [0.1, 0.15) is 18.1 Å². The van der Waals surface area contributed by atoms with E-state index in [1.54, 1.807) is 19.1 Å². The summed E-state index contributed by atoms with van der Waals surface area (Å²) in [6.07, 6.45) is -4.64. The summed E-state index contributed by atoms with van der Waals surface area (Å²) in [6, 6.07) is 8.48. The highest BCUT2D eigenvalue weighted by atomic mass is 35.5. The number of fused-ring (bicyclic) bond motifs is 1. The number of ether oxygens (including phenoxy) is 2. The van der Waals surface area contributed by atoms with Crippen molar-refractivity contribution in [1.29, 1.82) is 0 Å². The molecule has 0 radical (unpaired) electrons. The Balaban J connectivity index is 1.34. The van der Waals surface area contributed by atoms with Crippen molar-refractivity contribution in [2.24, 2.45) is 5.10 Å². The number of benzene rings is 2. The summed E-state index contributed by atoms with van der Waals surface area (Å²) in [5.74, 6) is 6.58. The Morgan fingerprint density at radius 2 is 2.00 bits per heavy atom. The standard InChI is InChI=1S/C20H17ClF3N7O3S/c1-10(11-2-5-15-16(6-11)34-9-33-15)27-28-18-29-30-19(31(18)25)35-8-17(32)26-12-3-4-14(21)13(7-12)20(22,23)24/h2-7H,8-9,25H2,1H3,(H,26,32)(H,28,29)/b27-10+. The third-order valence-electron chi connectivity index (χ3n) is 4.67. The average molecular weight is 528 g/mol. The van der Waals surface area contributed by atoms with Gasteiger partial charge in [0.25, 0.3) is 5.95 Å². The number of thioether (sulfide) groups is 1. The fourth-order valence-corrected chi connectivity index (χ4v) is 3.80. The summed E-state index contributed by atoms with van der Waals surface area (Å²) in [7, 11) is 0. The van der Waals surface area contributed by atoms with Gasteiger partial charge in [-0.2, -0.15) is 18.3 Å². The molecule has 0 aliphatic carbocycles. The highest BCUT2D eigenvalue weighted by Gasteiger charge is 2.33. The van der Waals surface area contributed by atoms with Gasteiger partial charge in [-0.3, -0.25) is 4.79 Å². The van der Waals surface area contributed by atoms with Gasteiger partial charge in [0, 0.05) is 11.3 Å². The molecular weight excluding hydrogens is 511 g/mol. The molecule has 0 spiro atoms. The van der Waals surface area contributed by atoms with E-state index in [4.69, 9.17) is 26.9 Å². The van der Waals surface area contributed by atoms with Crippen LogP contribution in [0.5, 0.6) is 11.5 Å². The number of nitrogens with two attached hydrogens (primary N) is 1. The van der Waals surface area contributed by atoms with Gasteiger partial charge < -0.3 is 20.6 Å². The molecule has 1 amide bonds. The molecule has 4 N–H and O–H groups in total. The molecule has 0 bridgehead atoms. The summed E-state index contributed by atoms with van der Waals surface area (Å²) >= 11 is 6.52. The van der Waals surface area contributed by atoms with Crippen molar-refractivity contribution in [2.75, 3.05) is 29.1 Å². The molecule has 2 aromatic carbocycles. The molecule has 2 heterocycles. The van der Waals surface area contributed by atoms with E-state index in [1.165, 1.54) is 6.07 Å². The SMILES string of the molecule is C/C(=N\Nc1nnc(SCC(=O)Nc2ccc(Cl)c(C(F)(F)F)c2)n1N)c1ccc2c(c1)OCO2. The summed E-state index contributed by atoms with van der Waals surface area (Å²) in [6.45, 7) is 1.93. The molecule has 10 nitrogen and oxygen atoms in total. The minimum Gasteiger partial charge on any atom is -0.454 e. The first-order valence-electron chi connectivity index (χ1n) is 9.82. The Bertz CT molecular complexity index is 1300. The van der Waals surface area contributed by atoms with Crippen molar-refractivity contribution in [1.82, 2.24) is 14.9 Å². The van der Waals surface area contributed by atoms with Gasteiger partial charge in [-0.25, -0.2) is 10.1 Å². The van der Waals surface area contributed by atoms with Crippen LogP contribution >= 0.6 is 23.4 Å². The van der Waals surface area contributed by atoms with Crippen molar-refractivity contribution in [3.63, 3.8) is 0 Å². The van der Waals surface area contributed by atoms with Crippen LogP contribution in [0, 0.1) is 0 Å². The van der Waals surface area contributed by atoms with E-state index in [9.17, 15) is 18.0 Å². The number of nitrogens with one attached hydrogen (secondary N) is 2. The van der Waals surface area contributed by atoms with Crippen molar-refractivity contribution in [3.8, 4) is 11.5 Å². The molecule has 1 aromatic heterocycles. The summed E-state index contributed by atoms with van der Waals surface area (Å²) in [5, 5.41) is 14.1. The average Bonchev–Trinajstić information content (AvgIpc) is 3.42. The van der Waals surface area contributed by atoms with Crippen molar-refractivity contribution >= 4 is 46.6 Å². The monoisotopic (exact) mass is 527 g/mol. The second kappa shape index (κ2) is 9.92. The molecule has 4 rings (SSSR count). The molecule has 0 saturated heterocycles. The van der Waals surface area contributed by atoms with Gasteiger partial charge in [0.1, 0.15) is 0 Å². The normalized spacial score (nSPS) is 13.1. The van der Waals surface area contributed by atoms with Gasteiger partial charge in [-0.1, -0.05) is 23.4 Å². The predicted octanol–water partition coefficient (Wildman–Crippen LogP) is 3.96. The van der Waals surface area contributed by atoms with Crippen LogP contribution in [0.4, 0.5) is 24.8 Å². The van der Waals surface area contributed by atoms with E-state index in [2.05, 4.69) is 26.0 Å². The van der Waals surface area contributed by atoms with Gasteiger partial charge in [0.2, 0.25) is 17.9 Å². The van der Waals surface area contributed by atoms with E-state index < -0.39 is 22.7 Å². The lowest BCUT2D eigenvalue weighted by atomic mass is 10.1. The number of aromatic nitrogens is 3. The lowest BCUT2D eigenvalue weighted by Crippen LogP contribution is -2.17. The first-order valence-corrected chi connectivity index (χ1v) is 11.2. The van der Waals surface area contributed by atoms with E-state index in [1.807, 2.05) is 6.07 Å². The van der Waals surface area contributed by atoms with E-state index in [0.29, 0.717) is 17.2 Å². The molecule has 1 aliphatic rings. The third kappa shape index (κ3) is 5.71. The minimum atomic E-state index is -4.64. The predicted molar refractivity (Wildman–Crippen MR) is 124 cm³/mol. The van der Waals surface area contributed by atoms with Crippen LogP contribution in [-0.2, 0) is 11.0 Å². The van der Waals surface area contributed by atoms with Gasteiger partial charge >= 0.3 is 6.18 Å².